The van der Waals surface area contributed by atoms with Crippen LogP contribution >= 0.6 is 15.8 Å². The van der Waals surface area contributed by atoms with Gasteiger partial charge in [-0.3, -0.25) is 0 Å². The summed E-state index contributed by atoms with van der Waals surface area (Å²) in [6.45, 7) is 9.79. The Kier molecular flexibility index (Phi) is 17.7. The van der Waals surface area contributed by atoms with E-state index in [0.29, 0.717) is 0 Å². The summed E-state index contributed by atoms with van der Waals surface area (Å²) in [5.41, 5.74) is 4.13. The Morgan fingerprint density at radius 3 is 1.05 bits per heavy atom. The van der Waals surface area contributed by atoms with E-state index in [4.69, 9.17) is 0 Å². The van der Waals surface area contributed by atoms with Gasteiger partial charge in [0.1, 0.15) is 10.6 Å². The van der Waals surface area contributed by atoms with E-state index in [1.54, 1.807) is 0 Å². The van der Waals surface area contributed by atoms with Gasteiger partial charge in [0.15, 0.2) is 0 Å². The normalized spacial score (nSPS) is 25.1. The van der Waals surface area contributed by atoms with E-state index in [0.717, 1.165) is 48.3 Å². The molecular formula is C30H46BF4P2Rh+. The van der Waals surface area contributed by atoms with Crippen LogP contribution in [-0.4, -0.2) is 29.9 Å². The predicted molar refractivity (Wildman–Crippen MR) is 161 cm³/mol. The SMILES string of the molecule is C1#CCCC#CCC1.CC[C@@H]1CC[C@@H](CC)[PH+]1c1ccccc1[PH+]1[C@H](CC)CC[C@H]1CC.F[B-](F)(F)F.[Rh]. The molecule has 4 atom stereocenters. The van der Waals surface area contributed by atoms with E-state index in [1.165, 1.54) is 51.4 Å². The molecule has 2 saturated heterocycles. The van der Waals surface area contributed by atoms with E-state index < -0.39 is 7.25 Å². The maximum atomic E-state index is 9.75. The van der Waals surface area contributed by atoms with Gasteiger partial charge in [0.05, 0.1) is 22.6 Å². The minimum atomic E-state index is -6.00. The van der Waals surface area contributed by atoms with Gasteiger partial charge in [-0.25, -0.2) is 0 Å². The first-order chi connectivity index (χ1) is 17.7. The molecule has 4 rings (SSSR count). The van der Waals surface area contributed by atoms with E-state index in [9.17, 15) is 17.3 Å². The number of hydrogen-bond donors (Lipinski definition) is 0. The van der Waals surface area contributed by atoms with Crippen LogP contribution in [0.3, 0.4) is 0 Å². The third-order valence-electron chi connectivity index (χ3n) is 8.01. The summed E-state index contributed by atoms with van der Waals surface area (Å²) < 4.78 is 39.0. The van der Waals surface area contributed by atoms with Gasteiger partial charge in [-0.1, -0.05) is 39.8 Å². The van der Waals surface area contributed by atoms with Crippen molar-refractivity contribution in [3.05, 3.63) is 24.3 Å². The molecule has 0 nitrogen and oxygen atoms in total. The van der Waals surface area contributed by atoms with Crippen molar-refractivity contribution in [1.82, 2.24) is 0 Å². The molecule has 2 aliphatic heterocycles. The van der Waals surface area contributed by atoms with Gasteiger partial charge in [-0.05, 0) is 63.5 Å². The molecule has 215 valence electrons. The second kappa shape index (κ2) is 18.9. The molecule has 0 bridgehead atoms. The van der Waals surface area contributed by atoms with Gasteiger partial charge in [0, 0.05) is 61.0 Å². The number of hydrogen-bond acceptors (Lipinski definition) is 0. The Morgan fingerprint density at radius 1 is 0.605 bits per heavy atom. The van der Waals surface area contributed by atoms with Crippen molar-refractivity contribution in [2.45, 2.75) is 127 Å². The molecule has 2 fully saturated rings. The van der Waals surface area contributed by atoms with E-state index in [1.807, 2.05) is 10.6 Å². The second-order valence-corrected chi connectivity index (χ2v) is 16.4. The molecule has 1 radical (unpaired) electrons. The molecule has 2 heterocycles. The molecule has 0 N–H and O–H groups in total. The van der Waals surface area contributed by atoms with Crippen LogP contribution in [0.1, 0.15) is 105 Å². The van der Waals surface area contributed by atoms with Crippen molar-refractivity contribution in [1.29, 1.82) is 0 Å². The van der Waals surface area contributed by atoms with Gasteiger partial charge < -0.3 is 17.3 Å². The van der Waals surface area contributed by atoms with E-state index in [2.05, 4.69) is 75.6 Å². The topological polar surface area (TPSA) is 0 Å². The fraction of sp³-hybridized carbons (Fsp3) is 0.667. The first-order valence-corrected chi connectivity index (χ1v) is 17.7. The summed E-state index contributed by atoms with van der Waals surface area (Å²) in [7, 11) is -6.74. The first-order valence-electron chi connectivity index (χ1n) is 14.4. The number of benzene rings is 1. The molecule has 38 heavy (non-hydrogen) atoms. The van der Waals surface area contributed by atoms with Crippen LogP contribution in [0.25, 0.3) is 0 Å². The molecule has 1 aromatic rings. The third-order valence-corrected chi connectivity index (χ3v) is 16.7. The average molecular weight is 658 g/mol. The van der Waals surface area contributed by atoms with Crippen LogP contribution in [0.4, 0.5) is 17.3 Å². The average Bonchev–Trinajstić information content (AvgIpc) is 3.46. The molecule has 0 amide bonds. The summed E-state index contributed by atoms with van der Waals surface area (Å²) >= 11 is 0. The fourth-order valence-corrected chi connectivity index (χ4v) is 15.3. The predicted octanol–water partition coefficient (Wildman–Crippen LogP) is 8.93. The smallest absolute Gasteiger partial charge is 0.418 e. The van der Waals surface area contributed by atoms with Gasteiger partial charge in [-0.15, -0.1) is 23.7 Å². The Bertz CT molecular complexity index is 819. The van der Waals surface area contributed by atoms with Crippen LogP contribution < -0.4 is 10.6 Å². The standard InChI is InChI=1S/C22H36P2.C8H8.BF4.Rh/c1-5-17-13-14-18(6-2)23(17)21-11-9-10-12-22(21)24-19(7-3)15-16-20(24)8-4;1-2-4-6-8-7-5-3-1;2-1(3,4)5;/h9-12,17-20H,5-8,13-16H2,1-4H3;1-2,7-8H2;;/q;;-1;/p+2/t17-,18-,19-,20-;;;/m1.../s1. The van der Waals surface area contributed by atoms with Gasteiger partial charge in [0.25, 0.3) is 0 Å². The molecule has 0 aromatic heterocycles. The van der Waals surface area contributed by atoms with Gasteiger partial charge in [-0.2, -0.15) is 0 Å². The molecule has 0 unspecified atom stereocenters. The first kappa shape index (κ1) is 35.6. The van der Waals surface area contributed by atoms with E-state index in [-0.39, 0.29) is 35.3 Å². The summed E-state index contributed by atoms with van der Waals surface area (Å²) in [5, 5.41) is 3.79. The van der Waals surface area contributed by atoms with Gasteiger partial charge >= 0.3 is 7.25 Å². The molecule has 0 saturated carbocycles. The zero-order valence-electron chi connectivity index (χ0n) is 23.5. The van der Waals surface area contributed by atoms with Gasteiger partial charge in [0.2, 0.25) is 0 Å². The summed E-state index contributed by atoms with van der Waals surface area (Å²) in [5.74, 6) is 12.1. The molecule has 3 aliphatic rings. The summed E-state index contributed by atoms with van der Waals surface area (Å²) in [6, 6.07) is 9.87. The minimum absolute atomic E-state index is 0. The monoisotopic (exact) mass is 658 g/mol. The number of rotatable bonds is 6. The van der Waals surface area contributed by atoms with Crippen molar-refractivity contribution in [2.24, 2.45) is 0 Å². The molecule has 0 spiro atoms. The van der Waals surface area contributed by atoms with Crippen LogP contribution in [0, 0.1) is 23.7 Å². The van der Waals surface area contributed by atoms with Crippen LogP contribution in [0.2, 0.25) is 0 Å². The van der Waals surface area contributed by atoms with Crippen molar-refractivity contribution in [3.8, 4) is 23.7 Å². The van der Waals surface area contributed by atoms with Crippen LogP contribution in [0.5, 0.6) is 0 Å². The maximum absolute atomic E-state index is 9.75. The largest absolute Gasteiger partial charge is 0.673 e. The fourth-order valence-electron chi connectivity index (χ4n) is 6.26. The molecule has 8 heteroatoms. The van der Waals surface area contributed by atoms with Crippen molar-refractivity contribution >= 4 is 33.7 Å². The minimum Gasteiger partial charge on any atom is -0.418 e. The quantitative estimate of drug-likeness (QED) is 0.124. The Balaban J connectivity index is 0.000000427. The molecule has 1 aliphatic carbocycles. The van der Waals surface area contributed by atoms with Crippen LogP contribution in [0.15, 0.2) is 24.3 Å². The third kappa shape index (κ3) is 11.6. The molecular weight excluding hydrogens is 612 g/mol. The zero-order chi connectivity index (χ0) is 27.3. The van der Waals surface area contributed by atoms with Crippen LogP contribution in [-0.2, 0) is 19.5 Å². The Morgan fingerprint density at radius 2 is 0.842 bits per heavy atom. The summed E-state index contributed by atoms with van der Waals surface area (Å²) in [6.07, 6.45) is 15.5. The number of halogens is 4. The summed E-state index contributed by atoms with van der Waals surface area (Å²) in [4.78, 5) is 0. The zero-order valence-corrected chi connectivity index (χ0v) is 27.2. The van der Waals surface area contributed by atoms with E-state index >= 15 is 0 Å². The maximum Gasteiger partial charge on any atom is 0.673 e. The van der Waals surface area contributed by atoms with Crippen molar-refractivity contribution in [3.63, 3.8) is 0 Å². The van der Waals surface area contributed by atoms with Crippen molar-refractivity contribution in [2.75, 3.05) is 0 Å². The Hall–Kier alpha value is -0.392. The Labute approximate surface area is 245 Å². The molecule has 1 aromatic carbocycles. The van der Waals surface area contributed by atoms with Crippen molar-refractivity contribution < 1.29 is 36.7 Å². The second-order valence-electron chi connectivity index (χ2n) is 10.2.